The number of carbonyl (C=O) groups is 1. The predicted molar refractivity (Wildman–Crippen MR) is 166 cm³/mol. The van der Waals surface area contributed by atoms with Gasteiger partial charge in [-0.3, -0.25) is 4.79 Å². The molecule has 1 amide bonds. The third-order valence-corrected chi connectivity index (χ3v) is 13.6. The molecule has 6 aliphatic rings. The van der Waals surface area contributed by atoms with Gasteiger partial charge in [0.05, 0.1) is 49.4 Å². The summed E-state index contributed by atoms with van der Waals surface area (Å²) in [5.74, 6) is 0.835. The number of hydrogen-bond acceptors (Lipinski definition) is 10. The van der Waals surface area contributed by atoms with E-state index in [1.165, 1.54) is 18.2 Å². The largest absolute Gasteiger partial charge is 0.384 e. The highest BCUT2D eigenvalue weighted by molar-refractivity contribution is 7.93. The van der Waals surface area contributed by atoms with Crippen molar-refractivity contribution in [2.75, 3.05) is 109 Å². The number of rotatable bonds is 2. The zero-order chi connectivity index (χ0) is 30.0. The minimum absolute atomic E-state index is 0.0356. The van der Waals surface area contributed by atoms with Crippen LogP contribution in [0, 0.1) is 0 Å². The number of nitrogens with zero attached hydrogens (tertiary/aromatic N) is 3. The predicted octanol–water partition coefficient (Wildman–Crippen LogP) is 1.17. The lowest BCUT2D eigenvalue weighted by atomic mass is 9.85. The smallest absolute Gasteiger partial charge is 0.223 e. The molecule has 0 atom stereocenters. The van der Waals surface area contributed by atoms with E-state index in [0.29, 0.717) is 19.8 Å². The normalized spacial score (nSPS) is 25.1. The van der Waals surface area contributed by atoms with Crippen LogP contribution in [0.2, 0.25) is 0 Å². The van der Waals surface area contributed by atoms with Gasteiger partial charge in [0.2, 0.25) is 5.91 Å². The third kappa shape index (κ3) is 5.17. The summed E-state index contributed by atoms with van der Waals surface area (Å²) in [6, 6.07) is 12.5. The fourth-order valence-corrected chi connectivity index (χ4v) is 11.8. The van der Waals surface area contributed by atoms with Gasteiger partial charge >= 0.3 is 0 Å². The molecule has 2 aromatic rings. The van der Waals surface area contributed by atoms with Crippen LogP contribution in [-0.2, 0) is 44.8 Å². The van der Waals surface area contributed by atoms with Gasteiger partial charge in [0, 0.05) is 79.8 Å². The second-order valence-corrected chi connectivity index (χ2v) is 16.8. The molecule has 0 aliphatic carbocycles. The summed E-state index contributed by atoms with van der Waals surface area (Å²) >= 11 is 0. The molecule has 2 aromatic carbocycles. The van der Waals surface area contributed by atoms with Crippen molar-refractivity contribution in [3.63, 3.8) is 0 Å². The Balaban J connectivity index is 0.000000141. The maximum atomic E-state index is 12.0. The van der Waals surface area contributed by atoms with E-state index in [4.69, 9.17) is 9.47 Å². The number of benzene rings is 2. The summed E-state index contributed by atoms with van der Waals surface area (Å²) in [5.41, 5.74) is 5.83. The molecule has 4 saturated heterocycles. The lowest BCUT2D eigenvalue weighted by molar-refractivity contribution is -0.116. The van der Waals surface area contributed by atoms with Gasteiger partial charge < -0.3 is 29.5 Å². The Morgan fingerprint density at radius 2 is 1.26 bits per heavy atom. The highest BCUT2D eigenvalue weighted by Crippen LogP contribution is 2.49. The second kappa shape index (κ2) is 10.4. The van der Waals surface area contributed by atoms with E-state index in [0.717, 1.165) is 68.6 Å². The van der Waals surface area contributed by atoms with Crippen molar-refractivity contribution >= 4 is 48.3 Å². The van der Waals surface area contributed by atoms with Crippen LogP contribution in [0.5, 0.6) is 0 Å². The van der Waals surface area contributed by atoms with Crippen LogP contribution < -0.4 is 20.0 Å². The number of nitrogens with one attached hydrogen (secondary N) is 1. The van der Waals surface area contributed by atoms with Crippen LogP contribution >= 0.6 is 0 Å². The summed E-state index contributed by atoms with van der Waals surface area (Å²) < 4.78 is 57.2. The van der Waals surface area contributed by atoms with Gasteiger partial charge in [-0.05, 0) is 35.4 Å². The first-order valence-corrected chi connectivity index (χ1v) is 18.5. The molecule has 0 saturated carbocycles. The van der Waals surface area contributed by atoms with Crippen molar-refractivity contribution < 1.29 is 31.1 Å². The number of sulfone groups is 2. The van der Waals surface area contributed by atoms with E-state index in [1.54, 1.807) is 4.90 Å². The SMILES string of the molecule is CC(=O)N1CC2(CS(=O)(=O)C2)c2ccc(N3CCOCC3)cc21.O=S1(=O)CC2(CNc3cc(N4CCOCC4)ccc32)C1. The molecule has 6 aliphatic heterocycles. The lowest BCUT2D eigenvalue weighted by Gasteiger charge is -2.38. The van der Waals surface area contributed by atoms with Crippen molar-refractivity contribution in [3.05, 3.63) is 47.5 Å². The topological polar surface area (TPSA) is 126 Å². The number of carbonyl (C=O) groups excluding carboxylic acids is 1. The number of ether oxygens (including phenoxy) is 2. The number of hydrogen-bond donors (Lipinski definition) is 1. The van der Waals surface area contributed by atoms with E-state index < -0.39 is 25.1 Å². The molecule has 232 valence electrons. The Morgan fingerprint density at radius 3 is 1.79 bits per heavy atom. The molecular weight excluding hydrogens is 592 g/mol. The van der Waals surface area contributed by atoms with Crippen LogP contribution in [0.3, 0.4) is 0 Å². The number of anilines is 4. The first-order valence-electron chi connectivity index (χ1n) is 14.9. The number of fused-ring (bicyclic) bond motifs is 4. The standard InChI is InChI=1S/C16H20N2O4S.C14H18N2O3S/c1-12(19)18-9-16(10-23(20,21)11-16)14-3-2-13(8-15(14)18)17-4-6-22-7-5-17;17-20(18)9-14(10-20)8-15-13-7-11(1-2-12(13)14)16-3-5-19-6-4-16/h2-3,8H,4-7,9-11H2,1H3;1-2,7,15H,3-6,8-10H2. The Kier molecular flexibility index (Phi) is 6.95. The van der Waals surface area contributed by atoms with Gasteiger partial charge in [-0.2, -0.15) is 0 Å². The van der Waals surface area contributed by atoms with Gasteiger partial charge in [-0.15, -0.1) is 0 Å². The maximum Gasteiger partial charge on any atom is 0.223 e. The quantitative estimate of drug-likeness (QED) is 0.517. The summed E-state index contributed by atoms with van der Waals surface area (Å²) in [4.78, 5) is 18.3. The molecule has 2 spiro atoms. The molecule has 11 nitrogen and oxygen atoms in total. The first kappa shape index (κ1) is 28.9. The summed E-state index contributed by atoms with van der Waals surface area (Å²) in [6.45, 7) is 9.20. The van der Waals surface area contributed by atoms with Crippen molar-refractivity contribution in [3.8, 4) is 0 Å². The van der Waals surface area contributed by atoms with E-state index in [9.17, 15) is 21.6 Å². The van der Waals surface area contributed by atoms with E-state index >= 15 is 0 Å². The molecule has 8 rings (SSSR count). The summed E-state index contributed by atoms with van der Waals surface area (Å²) in [6.07, 6.45) is 0. The highest BCUT2D eigenvalue weighted by Gasteiger charge is 2.56. The van der Waals surface area contributed by atoms with Crippen LogP contribution in [0.4, 0.5) is 22.7 Å². The summed E-state index contributed by atoms with van der Waals surface area (Å²) in [5, 5.41) is 3.39. The first-order chi connectivity index (χ1) is 20.5. The second-order valence-electron chi connectivity index (χ2n) is 12.7. The maximum absolute atomic E-state index is 12.0. The fraction of sp³-hybridized carbons (Fsp3) is 0.567. The van der Waals surface area contributed by atoms with Crippen molar-refractivity contribution in [1.29, 1.82) is 0 Å². The average Bonchev–Trinajstić information content (AvgIpc) is 3.49. The number of morpholine rings is 2. The molecule has 1 N–H and O–H groups in total. The Bertz CT molecular complexity index is 1640. The molecule has 6 heterocycles. The van der Waals surface area contributed by atoms with Gasteiger partial charge in [0.1, 0.15) is 0 Å². The minimum Gasteiger partial charge on any atom is -0.384 e. The van der Waals surface area contributed by atoms with Crippen molar-refractivity contribution in [2.24, 2.45) is 0 Å². The third-order valence-electron chi connectivity index (χ3n) is 9.61. The minimum atomic E-state index is -2.96. The zero-order valence-electron chi connectivity index (χ0n) is 24.4. The Morgan fingerprint density at radius 1 is 0.744 bits per heavy atom. The van der Waals surface area contributed by atoms with E-state index in [1.807, 2.05) is 18.2 Å². The molecule has 0 bridgehead atoms. The molecule has 13 heteroatoms. The van der Waals surface area contributed by atoms with Crippen LogP contribution in [0.25, 0.3) is 0 Å². The average molecular weight is 631 g/mol. The van der Waals surface area contributed by atoms with Crippen LogP contribution in [0.15, 0.2) is 36.4 Å². The van der Waals surface area contributed by atoms with Gasteiger partial charge in [0.25, 0.3) is 0 Å². The molecule has 43 heavy (non-hydrogen) atoms. The molecular formula is C30H38N4O7S2. The number of amides is 1. The van der Waals surface area contributed by atoms with Gasteiger partial charge in [-0.25, -0.2) is 16.8 Å². The highest BCUT2D eigenvalue weighted by atomic mass is 32.2. The molecule has 0 unspecified atom stereocenters. The summed E-state index contributed by atoms with van der Waals surface area (Å²) in [7, 11) is -5.77. The molecule has 0 radical (unpaired) electrons. The Hall–Kier alpha value is -2.87. The van der Waals surface area contributed by atoms with Crippen molar-refractivity contribution in [2.45, 2.75) is 17.8 Å². The molecule has 0 aromatic heterocycles. The monoisotopic (exact) mass is 630 g/mol. The van der Waals surface area contributed by atoms with Crippen molar-refractivity contribution in [1.82, 2.24) is 0 Å². The lowest BCUT2D eigenvalue weighted by Crippen LogP contribution is -2.55. The zero-order valence-corrected chi connectivity index (χ0v) is 26.0. The van der Waals surface area contributed by atoms with Gasteiger partial charge in [0.15, 0.2) is 19.7 Å². The van der Waals surface area contributed by atoms with Crippen LogP contribution in [0.1, 0.15) is 18.1 Å². The van der Waals surface area contributed by atoms with E-state index in [-0.39, 0.29) is 34.3 Å². The molecule has 4 fully saturated rings. The van der Waals surface area contributed by atoms with Crippen LogP contribution in [-0.4, -0.2) is 111 Å². The fourth-order valence-electron chi connectivity index (χ4n) is 7.59. The Labute approximate surface area is 252 Å². The van der Waals surface area contributed by atoms with E-state index in [2.05, 4.69) is 33.3 Å². The van der Waals surface area contributed by atoms with Gasteiger partial charge in [-0.1, -0.05) is 12.1 Å².